The Morgan fingerprint density at radius 1 is 0.412 bits per heavy atom. The van der Waals surface area contributed by atoms with Crippen LogP contribution >= 0.6 is 54.5 Å². The monoisotopic (exact) mass is 899 g/mol. The highest BCUT2D eigenvalue weighted by molar-refractivity contribution is 14.1. The molecule has 0 saturated heterocycles. The number of benzene rings is 8. The molecule has 8 aromatic rings. The molecule has 0 saturated carbocycles. The van der Waals surface area contributed by atoms with Gasteiger partial charge in [-0.05, 0) is 113 Å². The van der Waals surface area contributed by atoms with Gasteiger partial charge in [0.2, 0.25) is 0 Å². The lowest BCUT2D eigenvalue weighted by Gasteiger charge is -2.12. The van der Waals surface area contributed by atoms with Crippen LogP contribution in [0.3, 0.4) is 0 Å². The first-order chi connectivity index (χ1) is 24.4. The van der Waals surface area contributed by atoms with E-state index in [9.17, 15) is 10.0 Å². The molecule has 0 amide bonds. The Labute approximate surface area is 332 Å². The predicted molar refractivity (Wildman–Crippen MR) is 234 cm³/mol. The summed E-state index contributed by atoms with van der Waals surface area (Å²) in [6.07, 6.45) is 0. The molecule has 0 aliphatic heterocycles. The molecule has 0 bridgehead atoms. The van der Waals surface area contributed by atoms with Gasteiger partial charge in [0, 0.05) is 20.9 Å². The quantitative estimate of drug-likeness (QED) is 0.136. The van der Waals surface area contributed by atoms with Crippen molar-refractivity contribution in [3.63, 3.8) is 0 Å². The second-order valence-electron chi connectivity index (χ2n) is 11.5. The standard InChI is InChI=1S/C22H15Br.C16H13BO2.C6H4BrI.B/c23-19-12-4-11-18(15-19)21-14-6-10-17-9-5-13-20(22(17)21)16-7-2-1-3-8-16;18-17(19)15-11-5-9-13-8-4-10-14(16(13)15)12-6-2-1-3-7-12;7-5-2-1-3-6(8)4-5;/h1-15H;1-11,18-19H;1-4H;. The van der Waals surface area contributed by atoms with Crippen LogP contribution in [0.1, 0.15) is 0 Å². The maximum absolute atomic E-state index is 9.55. The van der Waals surface area contributed by atoms with Crippen molar-refractivity contribution in [1.29, 1.82) is 0 Å². The maximum atomic E-state index is 9.55. The Kier molecular flexibility index (Phi) is 13.9. The Hall–Kier alpha value is -3.98. The molecule has 51 heavy (non-hydrogen) atoms. The molecule has 0 aliphatic rings. The molecular weight excluding hydrogens is 869 g/mol. The molecule has 0 fully saturated rings. The van der Waals surface area contributed by atoms with Crippen LogP contribution in [0.5, 0.6) is 0 Å². The normalized spacial score (nSPS) is 10.3. The Balaban J connectivity index is 0.000000162. The van der Waals surface area contributed by atoms with E-state index in [2.05, 4.69) is 158 Å². The predicted octanol–water partition coefficient (Wildman–Crippen LogP) is 11.8. The largest absolute Gasteiger partial charge is 0.489 e. The van der Waals surface area contributed by atoms with E-state index in [1.54, 1.807) is 6.07 Å². The van der Waals surface area contributed by atoms with Crippen LogP contribution in [0.4, 0.5) is 0 Å². The van der Waals surface area contributed by atoms with Gasteiger partial charge >= 0.3 is 7.12 Å². The molecule has 7 heteroatoms. The molecule has 0 aromatic heterocycles. The van der Waals surface area contributed by atoms with Gasteiger partial charge in [-0.3, -0.25) is 0 Å². The fraction of sp³-hybridized carbons (Fsp3) is 0. The van der Waals surface area contributed by atoms with E-state index in [4.69, 9.17) is 0 Å². The van der Waals surface area contributed by atoms with E-state index >= 15 is 0 Å². The highest BCUT2D eigenvalue weighted by Crippen LogP contribution is 2.37. The minimum absolute atomic E-state index is 0. The summed E-state index contributed by atoms with van der Waals surface area (Å²) in [5.74, 6) is 0. The summed E-state index contributed by atoms with van der Waals surface area (Å²) in [6, 6.07) is 61.8. The highest BCUT2D eigenvalue weighted by atomic mass is 127. The van der Waals surface area contributed by atoms with Gasteiger partial charge < -0.3 is 10.0 Å². The van der Waals surface area contributed by atoms with Gasteiger partial charge in [0.25, 0.3) is 0 Å². The second kappa shape index (κ2) is 18.5. The van der Waals surface area contributed by atoms with Gasteiger partial charge in [0.05, 0.1) is 0 Å². The SMILES string of the molecule is Brc1cccc(-c2cccc3cccc(-c4ccccc4)c23)c1.Brc1cccc(I)c1.OB(O)c1cccc2cccc(-c3ccccc3)c12.[B]. The summed E-state index contributed by atoms with van der Waals surface area (Å²) < 4.78 is 3.51. The van der Waals surface area contributed by atoms with Crippen molar-refractivity contribution in [3.05, 3.63) is 195 Å². The average Bonchev–Trinajstić information content (AvgIpc) is 3.15. The first-order valence-electron chi connectivity index (χ1n) is 16.1. The third-order valence-corrected chi connectivity index (χ3v) is 9.87. The Morgan fingerprint density at radius 3 is 1.29 bits per heavy atom. The van der Waals surface area contributed by atoms with Crippen molar-refractivity contribution in [2.24, 2.45) is 0 Å². The molecule has 8 aromatic carbocycles. The average molecular weight is 901 g/mol. The van der Waals surface area contributed by atoms with E-state index in [1.807, 2.05) is 72.8 Å². The summed E-state index contributed by atoms with van der Waals surface area (Å²) >= 11 is 9.22. The topological polar surface area (TPSA) is 40.5 Å². The zero-order valence-electron chi connectivity index (χ0n) is 27.5. The van der Waals surface area contributed by atoms with Crippen LogP contribution in [0.15, 0.2) is 191 Å². The zero-order chi connectivity index (χ0) is 34.9. The third-order valence-electron chi connectivity index (χ3n) is 8.21. The third kappa shape index (κ3) is 9.67. The van der Waals surface area contributed by atoms with Gasteiger partial charge in [0.15, 0.2) is 0 Å². The number of hydrogen-bond acceptors (Lipinski definition) is 2. The maximum Gasteiger partial charge on any atom is 0.489 e. The van der Waals surface area contributed by atoms with Crippen LogP contribution in [-0.2, 0) is 0 Å². The Bertz CT molecular complexity index is 2330. The summed E-state index contributed by atoms with van der Waals surface area (Å²) in [6.45, 7) is 0. The molecule has 0 spiro atoms. The number of fused-ring (bicyclic) bond motifs is 2. The summed E-state index contributed by atoms with van der Waals surface area (Å²) in [5, 5.41) is 23.6. The fourth-order valence-corrected chi connectivity index (χ4v) is 7.77. The molecule has 2 N–H and O–H groups in total. The molecule has 247 valence electrons. The van der Waals surface area contributed by atoms with Crippen LogP contribution in [-0.4, -0.2) is 25.6 Å². The molecule has 2 nitrogen and oxygen atoms in total. The van der Waals surface area contributed by atoms with Crippen LogP contribution < -0.4 is 5.46 Å². The molecule has 8 rings (SSSR count). The Morgan fingerprint density at radius 2 is 0.824 bits per heavy atom. The van der Waals surface area contributed by atoms with Crippen molar-refractivity contribution < 1.29 is 10.0 Å². The van der Waals surface area contributed by atoms with Crippen molar-refractivity contribution in [2.75, 3.05) is 0 Å². The van der Waals surface area contributed by atoms with E-state index < -0.39 is 7.12 Å². The van der Waals surface area contributed by atoms with Gasteiger partial charge in [-0.1, -0.05) is 184 Å². The van der Waals surface area contributed by atoms with E-state index in [1.165, 1.54) is 36.6 Å². The number of halogens is 3. The molecule has 3 radical (unpaired) electrons. The van der Waals surface area contributed by atoms with Crippen LogP contribution in [0, 0.1) is 3.57 Å². The van der Waals surface area contributed by atoms with Crippen molar-refractivity contribution in [3.8, 4) is 33.4 Å². The fourth-order valence-electron chi connectivity index (χ4n) is 6.00. The summed E-state index contributed by atoms with van der Waals surface area (Å²) in [7, 11) is -1.46. The van der Waals surface area contributed by atoms with E-state index in [-0.39, 0.29) is 8.41 Å². The van der Waals surface area contributed by atoms with Gasteiger partial charge in [-0.2, -0.15) is 0 Å². The smallest absolute Gasteiger partial charge is 0.423 e. The molecule has 0 unspecified atom stereocenters. The first-order valence-corrected chi connectivity index (χ1v) is 18.7. The lowest BCUT2D eigenvalue weighted by molar-refractivity contribution is 0.426. The lowest BCUT2D eigenvalue weighted by atomic mass is 9.75. The van der Waals surface area contributed by atoms with E-state index in [0.717, 1.165) is 30.8 Å². The van der Waals surface area contributed by atoms with Gasteiger partial charge in [-0.25, -0.2) is 0 Å². The minimum atomic E-state index is -1.46. The molecule has 0 aliphatic carbocycles. The van der Waals surface area contributed by atoms with Crippen molar-refractivity contribution in [1.82, 2.24) is 0 Å². The molecule has 0 heterocycles. The van der Waals surface area contributed by atoms with Gasteiger partial charge in [-0.15, -0.1) is 0 Å². The van der Waals surface area contributed by atoms with Crippen molar-refractivity contribution in [2.45, 2.75) is 0 Å². The number of hydrogen-bond donors (Lipinski definition) is 2. The summed E-state index contributed by atoms with van der Waals surface area (Å²) in [5.41, 5.74) is 7.65. The minimum Gasteiger partial charge on any atom is -0.423 e. The van der Waals surface area contributed by atoms with Crippen LogP contribution in [0.25, 0.3) is 54.9 Å². The lowest BCUT2D eigenvalue weighted by Crippen LogP contribution is -2.30. The second-order valence-corrected chi connectivity index (χ2v) is 14.6. The zero-order valence-corrected chi connectivity index (χ0v) is 32.8. The van der Waals surface area contributed by atoms with E-state index in [0.29, 0.717) is 5.46 Å². The summed E-state index contributed by atoms with van der Waals surface area (Å²) in [4.78, 5) is 0. The van der Waals surface area contributed by atoms with Crippen molar-refractivity contribution >= 4 is 97.0 Å². The number of rotatable bonds is 4. The highest BCUT2D eigenvalue weighted by Gasteiger charge is 2.17. The van der Waals surface area contributed by atoms with Crippen LogP contribution in [0.2, 0.25) is 0 Å². The van der Waals surface area contributed by atoms with Gasteiger partial charge in [0.1, 0.15) is 0 Å². The first kappa shape index (κ1) is 38.3. The molecule has 0 atom stereocenters. The molecular formula is C44H32B2Br2IO2.